The molecule has 1 saturated carbocycles. The SMILES string of the molecule is COCCCn1c(NC(=O)c2ccc(C#N)cc2)nc2cc(CN(C)CC3CCCC3)ccc21. The fraction of sp³-hybridized carbons (Fsp3) is 0.444. The predicted molar refractivity (Wildman–Crippen MR) is 134 cm³/mol. The van der Waals surface area contributed by atoms with Gasteiger partial charge in [0.05, 0.1) is 22.7 Å². The van der Waals surface area contributed by atoms with E-state index >= 15 is 0 Å². The minimum atomic E-state index is -0.246. The molecular weight excluding hydrogens is 426 g/mol. The average Bonchev–Trinajstić information content (AvgIpc) is 3.46. The van der Waals surface area contributed by atoms with E-state index in [-0.39, 0.29) is 5.91 Å². The Bertz CT molecular complexity index is 1160. The van der Waals surface area contributed by atoms with Crippen LogP contribution in [0.4, 0.5) is 5.95 Å². The summed E-state index contributed by atoms with van der Waals surface area (Å²) in [6.45, 7) is 3.34. The van der Waals surface area contributed by atoms with Crippen molar-refractivity contribution in [2.75, 3.05) is 32.6 Å². The number of carbonyl (C=O) groups excluding carboxylic acids is 1. The van der Waals surface area contributed by atoms with E-state index in [1.807, 2.05) is 4.57 Å². The fourth-order valence-electron chi connectivity index (χ4n) is 4.84. The Kier molecular flexibility index (Phi) is 7.94. The Balaban J connectivity index is 1.54. The summed E-state index contributed by atoms with van der Waals surface area (Å²) in [5, 5.41) is 12.0. The highest BCUT2D eigenvalue weighted by molar-refractivity contribution is 6.04. The van der Waals surface area contributed by atoms with Gasteiger partial charge in [-0.25, -0.2) is 4.98 Å². The first-order chi connectivity index (χ1) is 16.6. The monoisotopic (exact) mass is 459 g/mol. The van der Waals surface area contributed by atoms with Crippen molar-refractivity contribution in [2.24, 2.45) is 5.92 Å². The topological polar surface area (TPSA) is 83.2 Å². The third kappa shape index (κ3) is 5.82. The van der Waals surface area contributed by atoms with Crippen molar-refractivity contribution in [2.45, 2.75) is 45.2 Å². The number of nitriles is 1. The molecule has 4 rings (SSSR count). The van der Waals surface area contributed by atoms with Crippen LogP contribution < -0.4 is 5.32 Å². The highest BCUT2D eigenvalue weighted by atomic mass is 16.5. The van der Waals surface area contributed by atoms with Crippen LogP contribution in [0.3, 0.4) is 0 Å². The zero-order chi connectivity index (χ0) is 23.9. The summed E-state index contributed by atoms with van der Waals surface area (Å²) in [7, 11) is 3.88. The summed E-state index contributed by atoms with van der Waals surface area (Å²) in [6.07, 6.45) is 6.23. The van der Waals surface area contributed by atoms with Gasteiger partial charge >= 0.3 is 0 Å². The molecule has 0 spiro atoms. The molecule has 0 saturated heterocycles. The summed E-state index contributed by atoms with van der Waals surface area (Å²) in [6, 6.07) is 15.1. The number of nitrogens with zero attached hydrogens (tertiary/aromatic N) is 4. The van der Waals surface area contributed by atoms with Crippen molar-refractivity contribution in [1.82, 2.24) is 14.5 Å². The second-order valence-electron chi connectivity index (χ2n) is 9.25. The molecule has 0 aliphatic heterocycles. The maximum Gasteiger partial charge on any atom is 0.257 e. The number of anilines is 1. The Labute approximate surface area is 201 Å². The van der Waals surface area contributed by atoms with Gasteiger partial charge in [0.15, 0.2) is 0 Å². The van der Waals surface area contributed by atoms with Crippen molar-refractivity contribution in [3.8, 4) is 6.07 Å². The molecule has 7 nitrogen and oxygen atoms in total. The van der Waals surface area contributed by atoms with Crippen LogP contribution in [0, 0.1) is 17.2 Å². The van der Waals surface area contributed by atoms with E-state index in [1.165, 1.54) is 31.2 Å². The second-order valence-corrected chi connectivity index (χ2v) is 9.25. The molecule has 178 valence electrons. The molecule has 1 fully saturated rings. The fourth-order valence-corrected chi connectivity index (χ4v) is 4.84. The molecule has 1 N–H and O–H groups in total. The molecule has 3 aromatic rings. The van der Waals surface area contributed by atoms with Gasteiger partial charge in [0, 0.05) is 38.9 Å². The Hall–Kier alpha value is -3.21. The zero-order valence-electron chi connectivity index (χ0n) is 20.1. The number of aromatic nitrogens is 2. The lowest BCUT2D eigenvalue weighted by atomic mass is 10.1. The molecule has 1 aliphatic carbocycles. The van der Waals surface area contributed by atoms with E-state index in [9.17, 15) is 4.79 Å². The number of nitrogens with one attached hydrogen (secondary N) is 1. The zero-order valence-corrected chi connectivity index (χ0v) is 20.1. The Morgan fingerprint density at radius 3 is 2.71 bits per heavy atom. The number of aryl methyl sites for hydroxylation is 1. The number of imidazole rings is 1. The highest BCUT2D eigenvalue weighted by Gasteiger charge is 2.18. The van der Waals surface area contributed by atoms with E-state index in [1.54, 1.807) is 31.4 Å². The third-order valence-electron chi connectivity index (χ3n) is 6.54. The number of benzene rings is 2. The third-order valence-corrected chi connectivity index (χ3v) is 6.54. The normalized spacial score (nSPS) is 14.1. The van der Waals surface area contributed by atoms with E-state index in [0.29, 0.717) is 30.2 Å². The van der Waals surface area contributed by atoms with Crippen LogP contribution in [0.1, 0.15) is 53.6 Å². The van der Waals surface area contributed by atoms with Gasteiger partial charge in [0.1, 0.15) is 0 Å². The van der Waals surface area contributed by atoms with E-state index in [2.05, 4.69) is 41.5 Å². The summed E-state index contributed by atoms with van der Waals surface area (Å²) in [5.41, 5.74) is 4.10. The Morgan fingerprint density at radius 2 is 2.00 bits per heavy atom. The van der Waals surface area contributed by atoms with Gasteiger partial charge < -0.3 is 14.2 Å². The number of methoxy groups -OCH3 is 1. The molecule has 0 unspecified atom stereocenters. The molecule has 34 heavy (non-hydrogen) atoms. The largest absolute Gasteiger partial charge is 0.385 e. The smallest absolute Gasteiger partial charge is 0.257 e. The van der Waals surface area contributed by atoms with Crippen LogP contribution in [0.2, 0.25) is 0 Å². The second kappa shape index (κ2) is 11.3. The van der Waals surface area contributed by atoms with Gasteiger partial charge in [-0.2, -0.15) is 5.26 Å². The van der Waals surface area contributed by atoms with E-state index < -0.39 is 0 Å². The van der Waals surface area contributed by atoms with Crippen molar-refractivity contribution in [3.05, 3.63) is 59.2 Å². The standard InChI is InChI=1S/C27H33N5O2/c1-31(18-21-6-3-4-7-21)19-22-10-13-25-24(16-22)29-27(32(25)14-5-15-34-2)30-26(33)23-11-8-20(17-28)9-12-23/h8-13,16,21H,3-7,14-15,18-19H2,1-2H3,(H,29,30,33). The van der Waals surface area contributed by atoms with Crippen molar-refractivity contribution >= 4 is 22.9 Å². The minimum Gasteiger partial charge on any atom is -0.385 e. The maximum atomic E-state index is 12.9. The van der Waals surface area contributed by atoms with Crippen LogP contribution in [0.15, 0.2) is 42.5 Å². The highest BCUT2D eigenvalue weighted by Crippen LogP contribution is 2.26. The van der Waals surface area contributed by atoms with Crippen LogP contribution >= 0.6 is 0 Å². The van der Waals surface area contributed by atoms with Crippen LogP contribution in [-0.4, -0.2) is 47.7 Å². The van der Waals surface area contributed by atoms with Gasteiger partial charge in [0.2, 0.25) is 5.95 Å². The molecule has 2 aromatic carbocycles. The molecule has 1 aliphatic rings. The summed E-state index contributed by atoms with van der Waals surface area (Å²) >= 11 is 0. The van der Waals surface area contributed by atoms with Gasteiger partial charge in [-0.1, -0.05) is 18.9 Å². The number of rotatable bonds is 10. The van der Waals surface area contributed by atoms with Gasteiger partial charge in [-0.05, 0) is 74.2 Å². The number of fused-ring (bicyclic) bond motifs is 1. The summed E-state index contributed by atoms with van der Waals surface area (Å²) < 4.78 is 7.27. The van der Waals surface area contributed by atoms with Crippen molar-refractivity contribution in [3.63, 3.8) is 0 Å². The lowest BCUT2D eigenvalue weighted by molar-refractivity contribution is 0.102. The van der Waals surface area contributed by atoms with Crippen molar-refractivity contribution < 1.29 is 9.53 Å². The first-order valence-electron chi connectivity index (χ1n) is 12.1. The van der Waals surface area contributed by atoms with Gasteiger partial charge in [0.25, 0.3) is 5.91 Å². The van der Waals surface area contributed by atoms with Crippen LogP contribution in [0.25, 0.3) is 11.0 Å². The number of hydrogen-bond acceptors (Lipinski definition) is 5. The summed E-state index contributed by atoms with van der Waals surface area (Å²) in [4.78, 5) is 20.1. The molecule has 7 heteroatoms. The predicted octanol–water partition coefficient (Wildman–Crippen LogP) is 4.82. The molecule has 1 aromatic heterocycles. The quantitative estimate of drug-likeness (QED) is 0.440. The number of amides is 1. The molecule has 1 heterocycles. The summed E-state index contributed by atoms with van der Waals surface area (Å²) in [5.74, 6) is 1.10. The lowest BCUT2D eigenvalue weighted by Crippen LogP contribution is -2.24. The molecule has 0 bridgehead atoms. The maximum absolute atomic E-state index is 12.9. The molecular formula is C27H33N5O2. The molecule has 0 atom stereocenters. The van der Waals surface area contributed by atoms with Gasteiger partial charge in [-0.3, -0.25) is 10.1 Å². The van der Waals surface area contributed by atoms with Gasteiger partial charge in [-0.15, -0.1) is 0 Å². The molecule has 1 amide bonds. The van der Waals surface area contributed by atoms with Crippen molar-refractivity contribution in [1.29, 1.82) is 5.26 Å². The average molecular weight is 460 g/mol. The first-order valence-corrected chi connectivity index (χ1v) is 12.1. The molecule has 0 radical (unpaired) electrons. The lowest BCUT2D eigenvalue weighted by Gasteiger charge is -2.20. The Morgan fingerprint density at radius 1 is 1.24 bits per heavy atom. The van der Waals surface area contributed by atoms with E-state index in [0.717, 1.165) is 36.5 Å². The van der Waals surface area contributed by atoms with Crippen LogP contribution in [0.5, 0.6) is 0 Å². The number of carbonyl (C=O) groups is 1. The van der Waals surface area contributed by atoms with Crippen LogP contribution in [-0.2, 0) is 17.8 Å². The first kappa shape index (κ1) is 23.9. The number of hydrogen-bond donors (Lipinski definition) is 1. The minimum absolute atomic E-state index is 0.246. The van der Waals surface area contributed by atoms with E-state index in [4.69, 9.17) is 15.0 Å². The number of ether oxygens (including phenoxy) is 1.